The van der Waals surface area contributed by atoms with Gasteiger partial charge in [0.05, 0.1) is 19.1 Å². The summed E-state index contributed by atoms with van der Waals surface area (Å²) in [6, 6.07) is 15.2. The molecule has 0 spiro atoms. The predicted octanol–water partition coefficient (Wildman–Crippen LogP) is 5.75. The lowest BCUT2D eigenvalue weighted by Gasteiger charge is -2.27. The number of benzene rings is 3. The molecule has 0 bridgehead atoms. The highest BCUT2D eigenvalue weighted by atomic mass is 16.5. The monoisotopic (exact) mass is 487 g/mol. The van der Waals surface area contributed by atoms with Crippen LogP contribution in [0.3, 0.4) is 0 Å². The van der Waals surface area contributed by atoms with E-state index in [9.17, 15) is 4.79 Å². The molecule has 0 radical (unpaired) electrons. The maximum atomic E-state index is 11.8. The lowest BCUT2D eigenvalue weighted by atomic mass is 9.91. The van der Waals surface area contributed by atoms with Crippen LogP contribution in [0.4, 0.5) is 11.4 Å². The maximum absolute atomic E-state index is 11.8. The van der Waals surface area contributed by atoms with Crippen LogP contribution in [0.25, 0.3) is 33.4 Å². The molecule has 0 unspecified atom stereocenters. The van der Waals surface area contributed by atoms with E-state index in [4.69, 9.17) is 25.0 Å². The van der Waals surface area contributed by atoms with E-state index in [2.05, 4.69) is 30.9 Å². The number of aryl methyl sites for hydroxylation is 1. The number of methoxy groups -OCH3 is 1. The Bertz CT molecular complexity index is 1430. The number of nitrogens with one attached hydrogen (secondary N) is 1. The topological polar surface area (TPSA) is 102 Å². The first kappa shape index (κ1) is 25.1. The number of nitrogens with zero attached hydrogens (tertiary/aromatic N) is 1. The largest absolute Gasteiger partial charge is 0.496 e. The van der Waals surface area contributed by atoms with Gasteiger partial charge in [-0.25, -0.2) is 0 Å². The van der Waals surface area contributed by atoms with Gasteiger partial charge >= 0.3 is 5.97 Å². The highest BCUT2D eigenvalue weighted by Crippen LogP contribution is 2.45. The summed E-state index contributed by atoms with van der Waals surface area (Å²) in [4.78, 5) is 14.0. The summed E-state index contributed by atoms with van der Waals surface area (Å²) >= 11 is 0. The number of carbonyl (C=O) groups is 1. The molecule has 1 aliphatic heterocycles. The van der Waals surface area contributed by atoms with Gasteiger partial charge in [0.1, 0.15) is 17.1 Å². The first-order valence-corrected chi connectivity index (χ1v) is 12.3. The third-order valence-corrected chi connectivity index (χ3v) is 6.37. The highest BCUT2D eigenvalue weighted by Gasteiger charge is 2.22. The molecule has 3 N–H and O–H groups in total. The molecule has 4 rings (SSSR count). The van der Waals surface area contributed by atoms with Crippen LogP contribution in [0, 0.1) is 12.3 Å². The quantitative estimate of drug-likeness (QED) is 0.177. The summed E-state index contributed by atoms with van der Waals surface area (Å²) in [5.41, 5.74) is 12.3. The van der Waals surface area contributed by atoms with Crippen LogP contribution in [0.5, 0.6) is 5.75 Å². The number of hydrogen-bond acceptors (Lipinski definition) is 7. The predicted molar refractivity (Wildman–Crippen MR) is 144 cm³/mol. The second kappa shape index (κ2) is 10.7. The fourth-order valence-electron chi connectivity index (χ4n) is 4.68. The molecule has 0 saturated carbocycles. The van der Waals surface area contributed by atoms with E-state index < -0.39 is 0 Å². The number of fused-ring (bicyclic) bond motifs is 2. The van der Waals surface area contributed by atoms with Gasteiger partial charge in [-0.15, -0.1) is 0 Å². The normalized spacial score (nSPS) is 11.1. The Kier molecular flexibility index (Phi) is 7.48. The number of carbonyl (C=O) groups excluding carboxylic acids is 1. The van der Waals surface area contributed by atoms with E-state index in [0.717, 1.165) is 52.2 Å². The molecule has 0 aromatic heterocycles. The summed E-state index contributed by atoms with van der Waals surface area (Å²) in [6.07, 6.45) is 1.10. The molecule has 36 heavy (non-hydrogen) atoms. The zero-order valence-corrected chi connectivity index (χ0v) is 21.3. The van der Waals surface area contributed by atoms with Crippen molar-refractivity contribution in [2.45, 2.75) is 33.6 Å². The Morgan fingerprint density at radius 1 is 1.08 bits per heavy atom. The summed E-state index contributed by atoms with van der Waals surface area (Å²) in [7, 11) is 1.67. The molecular formula is C29H33N3O4. The number of ether oxygens (including phenoxy) is 2. The number of anilines is 2. The summed E-state index contributed by atoms with van der Waals surface area (Å²) in [6.45, 7) is 7.95. The Morgan fingerprint density at radius 2 is 1.89 bits per heavy atom. The SMILES string of the molecule is CCOC(=O)CCCN(CC)c1cc(OC)c(-c2c3ccc(=N)cc-3oc3cc(N)ccc23)cc1C. The van der Waals surface area contributed by atoms with Crippen molar-refractivity contribution < 1.29 is 18.7 Å². The van der Waals surface area contributed by atoms with Crippen LogP contribution >= 0.6 is 0 Å². The van der Waals surface area contributed by atoms with E-state index in [-0.39, 0.29) is 5.97 Å². The van der Waals surface area contributed by atoms with Gasteiger partial charge in [-0.05, 0) is 63.1 Å². The Labute approximate surface area is 211 Å². The minimum absolute atomic E-state index is 0.164. The van der Waals surface area contributed by atoms with Gasteiger partial charge in [-0.3, -0.25) is 4.79 Å². The molecule has 0 fully saturated rings. The number of nitrogens with two attached hydrogens (primary N) is 1. The molecule has 2 aromatic carbocycles. The molecule has 1 heterocycles. The van der Waals surface area contributed by atoms with Crippen molar-refractivity contribution in [2.24, 2.45) is 0 Å². The van der Waals surface area contributed by atoms with E-state index >= 15 is 0 Å². The van der Waals surface area contributed by atoms with Crippen LogP contribution in [-0.2, 0) is 9.53 Å². The van der Waals surface area contributed by atoms with Gasteiger partial charge in [-0.1, -0.05) is 0 Å². The molecule has 188 valence electrons. The fourth-order valence-corrected chi connectivity index (χ4v) is 4.68. The van der Waals surface area contributed by atoms with E-state index in [1.807, 2.05) is 31.2 Å². The molecule has 2 aliphatic rings. The zero-order chi connectivity index (χ0) is 25.8. The van der Waals surface area contributed by atoms with Crippen LogP contribution in [0.1, 0.15) is 32.3 Å². The van der Waals surface area contributed by atoms with E-state index in [1.54, 1.807) is 19.2 Å². The number of hydrogen-bond donors (Lipinski definition) is 2. The lowest BCUT2D eigenvalue weighted by Crippen LogP contribution is -2.25. The Balaban J connectivity index is 1.82. The van der Waals surface area contributed by atoms with Crippen LogP contribution in [0.15, 0.2) is 52.9 Å². The van der Waals surface area contributed by atoms with Crippen LogP contribution in [-0.4, -0.2) is 32.8 Å². The third-order valence-electron chi connectivity index (χ3n) is 6.37. The molecule has 0 saturated heterocycles. The highest BCUT2D eigenvalue weighted by molar-refractivity contribution is 6.04. The first-order chi connectivity index (χ1) is 17.4. The van der Waals surface area contributed by atoms with Crippen molar-refractivity contribution in [3.8, 4) is 28.2 Å². The number of nitrogen functional groups attached to an aromatic ring is 1. The number of rotatable bonds is 9. The number of esters is 1. The average Bonchev–Trinajstić information content (AvgIpc) is 2.85. The van der Waals surface area contributed by atoms with Gasteiger partial charge in [0.2, 0.25) is 0 Å². The van der Waals surface area contributed by atoms with Crippen molar-refractivity contribution in [3.05, 3.63) is 59.5 Å². The molecular weight excluding hydrogens is 454 g/mol. The standard InChI is InChI=1S/C29H33N3O4/c1-5-32(13-7-8-28(33)35-6-2)24-17-25(34-4)23(14-18(24)3)29-21-11-9-19(30)15-26(21)36-27-16-20(31)10-12-22(27)29/h9-12,14-17,30H,5-8,13,31H2,1-4H3. The third kappa shape index (κ3) is 5.00. The summed E-state index contributed by atoms with van der Waals surface area (Å²) < 4.78 is 17.1. The van der Waals surface area contributed by atoms with Crippen LogP contribution < -0.4 is 20.7 Å². The van der Waals surface area contributed by atoms with Crippen molar-refractivity contribution in [2.75, 3.05) is 37.4 Å². The smallest absolute Gasteiger partial charge is 0.305 e. The van der Waals surface area contributed by atoms with Crippen molar-refractivity contribution in [3.63, 3.8) is 0 Å². The minimum Gasteiger partial charge on any atom is -0.496 e. The molecule has 0 amide bonds. The van der Waals surface area contributed by atoms with Crippen molar-refractivity contribution >= 4 is 28.3 Å². The van der Waals surface area contributed by atoms with Crippen molar-refractivity contribution in [1.29, 1.82) is 5.41 Å². The van der Waals surface area contributed by atoms with Gasteiger partial charge in [-0.2, -0.15) is 0 Å². The van der Waals surface area contributed by atoms with Gasteiger partial charge in [0, 0.05) is 71.2 Å². The molecule has 7 nitrogen and oxygen atoms in total. The molecule has 1 aliphatic carbocycles. The van der Waals surface area contributed by atoms with Crippen LogP contribution in [0.2, 0.25) is 0 Å². The molecule has 7 heteroatoms. The lowest BCUT2D eigenvalue weighted by molar-refractivity contribution is -0.143. The molecule has 2 aromatic rings. The fraction of sp³-hybridized carbons (Fsp3) is 0.310. The molecule has 0 atom stereocenters. The second-order valence-corrected chi connectivity index (χ2v) is 8.77. The van der Waals surface area contributed by atoms with Crippen molar-refractivity contribution in [1.82, 2.24) is 0 Å². The van der Waals surface area contributed by atoms with Gasteiger partial charge in [0.15, 0.2) is 0 Å². The van der Waals surface area contributed by atoms with Gasteiger partial charge in [0.25, 0.3) is 0 Å². The Hall–Kier alpha value is -4.00. The van der Waals surface area contributed by atoms with E-state index in [0.29, 0.717) is 41.8 Å². The van der Waals surface area contributed by atoms with Gasteiger partial charge < -0.3 is 29.9 Å². The minimum atomic E-state index is -0.164. The summed E-state index contributed by atoms with van der Waals surface area (Å²) in [5.74, 6) is 1.19. The summed E-state index contributed by atoms with van der Waals surface area (Å²) in [5, 5.41) is 9.37. The second-order valence-electron chi connectivity index (χ2n) is 8.77. The maximum Gasteiger partial charge on any atom is 0.305 e. The zero-order valence-electron chi connectivity index (χ0n) is 21.3. The van der Waals surface area contributed by atoms with E-state index in [1.165, 1.54) is 0 Å². The average molecular weight is 488 g/mol. The Morgan fingerprint density at radius 3 is 2.61 bits per heavy atom. The first-order valence-electron chi connectivity index (χ1n) is 12.3.